The molecule has 0 bridgehead atoms. The number of halogens is 3. The van der Waals surface area contributed by atoms with E-state index < -0.39 is 11.9 Å². The van der Waals surface area contributed by atoms with Gasteiger partial charge in [-0.1, -0.05) is 13.8 Å². The average Bonchev–Trinajstić information content (AvgIpc) is 2.27. The third kappa shape index (κ3) is 4.14. The Balaban J connectivity index is 2.97. The molecule has 0 atom stereocenters. The summed E-state index contributed by atoms with van der Waals surface area (Å²) in [6.07, 6.45) is -3.33. The summed E-state index contributed by atoms with van der Waals surface area (Å²) in [4.78, 5) is 9.10. The summed E-state index contributed by atoms with van der Waals surface area (Å²) in [6.45, 7) is 5.28. The zero-order chi connectivity index (χ0) is 13.8. The van der Waals surface area contributed by atoms with Gasteiger partial charge in [-0.2, -0.15) is 13.2 Å². The van der Waals surface area contributed by atoms with Crippen molar-refractivity contribution in [1.29, 1.82) is 0 Å². The van der Waals surface area contributed by atoms with E-state index in [1.807, 2.05) is 13.8 Å². The van der Waals surface area contributed by atoms with Gasteiger partial charge in [0.15, 0.2) is 0 Å². The number of nitrogens with two attached hydrogens (primary N) is 1. The van der Waals surface area contributed by atoms with Crippen LogP contribution < -0.4 is 10.6 Å². The third-order valence-corrected chi connectivity index (χ3v) is 2.20. The van der Waals surface area contributed by atoms with Crippen LogP contribution in [0.1, 0.15) is 19.5 Å². The summed E-state index contributed by atoms with van der Waals surface area (Å²) in [6, 6.07) is 0.861. The fourth-order valence-corrected chi connectivity index (χ4v) is 1.53. The first kappa shape index (κ1) is 14.7. The fraction of sp³-hybridized carbons (Fsp3) is 0.636. The summed E-state index contributed by atoms with van der Waals surface area (Å²) < 4.78 is 37.6. The van der Waals surface area contributed by atoms with Gasteiger partial charge in [-0.25, -0.2) is 9.97 Å². The molecule has 0 unspecified atom stereocenters. The molecule has 4 nitrogen and oxygen atoms in total. The second kappa shape index (κ2) is 5.99. The smallest absolute Gasteiger partial charge is 0.339 e. The molecule has 0 aliphatic carbocycles. The number of anilines is 1. The normalized spacial score (nSPS) is 11.9. The molecule has 0 aliphatic heterocycles. The molecule has 0 aromatic carbocycles. The number of aromatic nitrogens is 2. The van der Waals surface area contributed by atoms with Crippen molar-refractivity contribution in [2.75, 3.05) is 24.5 Å². The van der Waals surface area contributed by atoms with Crippen molar-refractivity contribution in [3.05, 3.63) is 18.0 Å². The first-order chi connectivity index (χ1) is 8.34. The van der Waals surface area contributed by atoms with Crippen molar-refractivity contribution in [2.45, 2.75) is 20.0 Å². The molecule has 0 saturated heterocycles. The number of hydrogen-bond donors (Lipinski definition) is 1. The van der Waals surface area contributed by atoms with Crippen LogP contribution in [0.2, 0.25) is 0 Å². The van der Waals surface area contributed by atoms with Gasteiger partial charge < -0.3 is 10.6 Å². The SMILES string of the molecule is CC(C)CN(CCN)c1nccc(C(F)(F)F)n1. The minimum atomic E-state index is -4.45. The zero-order valence-electron chi connectivity index (χ0n) is 10.4. The topological polar surface area (TPSA) is 55.0 Å². The van der Waals surface area contributed by atoms with E-state index in [4.69, 9.17) is 5.73 Å². The Bertz CT molecular complexity index is 379. The molecule has 0 fully saturated rings. The van der Waals surface area contributed by atoms with Crippen LogP contribution in [0.25, 0.3) is 0 Å². The minimum Gasteiger partial charge on any atom is -0.339 e. The lowest BCUT2D eigenvalue weighted by molar-refractivity contribution is -0.141. The van der Waals surface area contributed by atoms with Crippen molar-refractivity contribution in [2.24, 2.45) is 11.7 Å². The average molecular weight is 262 g/mol. The minimum absolute atomic E-state index is 0.0731. The summed E-state index contributed by atoms with van der Waals surface area (Å²) >= 11 is 0. The molecule has 0 spiro atoms. The second-order valence-electron chi connectivity index (χ2n) is 4.37. The van der Waals surface area contributed by atoms with Crippen molar-refractivity contribution in [3.8, 4) is 0 Å². The van der Waals surface area contributed by atoms with Gasteiger partial charge in [-0.05, 0) is 12.0 Å². The Kier molecular flexibility index (Phi) is 4.89. The molecular formula is C11H17F3N4. The van der Waals surface area contributed by atoms with E-state index >= 15 is 0 Å². The summed E-state index contributed by atoms with van der Waals surface area (Å²) in [5.74, 6) is 0.360. The van der Waals surface area contributed by atoms with Gasteiger partial charge in [0.05, 0.1) is 0 Å². The zero-order valence-corrected chi connectivity index (χ0v) is 10.4. The standard InChI is InChI=1S/C11H17F3N4/c1-8(2)7-18(6-4-15)10-16-5-3-9(17-10)11(12,13)14/h3,5,8H,4,6-7,15H2,1-2H3. The lowest BCUT2D eigenvalue weighted by atomic mass is 10.2. The first-order valence-corrected chi connectivity index (χ1v) is 5.70. The number of alkyl halides is 3. The maximum atomic E-state index is 12.5. The van der Waals surface area contributed by atoms with E-state index in [9.17, 15) is 13.2 Å². The second-order valence-corrected chi connectivity index (χ2v) is 4.37. The van der Waals surface area contributed by atoms with Gasteiger partial charge in [-0.3, -0.25) is 0 Å². The third-order valence-electron chi connectivity index (χ3n) is 2.20. The van der Waals surface area contributed by atoms with Crippen molar-refractivity contribution < 1.29 is 13.2 Å². The summed E-state index contributed by atoms with van der Waals surface area (Å²) in [5, 5.41) is 0. The van der Waals surface area contributed by atoms with Gasteiger partial charge >= 0.3 is 6.18 Å². The molecule has 1 rings (SSSR count). The molecule has 1 aromatic heterocycles. The Morgan fingerprint density at radius 1 is 1.39 bits per heavy atom. The highest BCUT2D eigenvalue weighted by molar-refractivity contribution is 5.31. The highest BCUT2D eigenvalue weighted by Crippen LogP contribution is 2.28. The van der Waals surface area contributed by atoms with Gasteiger partial charge in [0.25, 0.3) is 0 Å². The molecular weight excluding hydrogens is 245 g/mol. The molecule has 7 heteroatoms. The van der Waals surface area contributed by atoms with E-state index in [0.717, 1.165) is 12.3 Å². The largest absolute Gasteiger partial charge is 0.433 e. The molecule has 0 aliphatic rings. The molecule has 1 aromatic rings. The maximum Gasteiger partial charge on any atom is 0.433 e. The number of nitrogens with zero attached hydrogens (tertiary/aromatic N) is 3. The van der Waals surface area contributed by atoms with Crippen LogP contribution in [0.15, 0.2) is 12.3 Å². The van der Waals surface area contributed by atoms with Crippen LogP contribution in [0, 0.1) is 5.92 Å². The molecule has 102 valence electrons. The predicted octanol–water partition coefficient (Wildman–Crippen LogP) is 1.92. The Hall–Kier alpha value is -1.37. The van der Waals surface area contributed by atoms with Crippen LogP contribution in [0.4, 0.5) is 19.1 Å². The van der Waals surface area contributed by atoms with Gasteiger partial charge in [0.1, 0.15) is 5.69 Å². The molecule has 0 radical (unpaired) electrons. The van der Waals surface area contributed by atoms with Crippen molar-refractivity contribution >= 4 is 5.95 Å². The quantitative estimate of drug-likeness (QED) is 0.880. The summed E-state index contributed by atoms with van der Waals surface area (Å²) in [5.41, 5.74) is 4.51. The van der Waals surface area contributed by atoms with Crippen LogP contribution in [0.5, 0.6) is 0 Å². The van der Waals surface area contributed by atoms with E-state index in [2.05, 4.69) is 9.97 Å². The van der Waals surface area contributed by atoms with E-state index in [1.54, 1.807) is 4.90 Å². The highest BCUT2D eigenvalue weighted by atomic mass is 19.4. The van der Waals surface area contributed by atoms with Gasteiger partial charge in [-0.15, -0.1) is 0 Å². The Morgan fingerprint density at radius 3 is 2.56 bits per heavy atom. The van der Waals surface area contributed by atoms with Gasteiger partial charge in [0, 0.05) is 25.8 Å². The number of rotatable bonds is 5. The molecule has 2 N–H and O–H groups in total. The first-order valence-electron chi connectivity index (χ1n) is 5.70. The fourth-order valence-electron chi connectivity index (χ4n) is 1.53. The molecule has 1 heterocycles. The molecule has 0 saturated carbocycles. The van der Waals surface area contributed by atoms with E-state index in [1.165, 1.54) is 0 Å². The number of hydrogen-bond acceptors (Lipinski definition) is 4. The Morgan fingerprint density at radius 2 is 2.06 bits per heavy atom. The molecule has 0 amide bonds. The highest BCUT2D eigenvalue weighted by Gasteiger charge is 2.33. The van der Waals surface area contributed by atoms with Crippen LogP contribution in [-0.2, 0) is 6.18 Å². The summed E-state index contributed by atoms with van der Waals surface area (Å²) in [7, 11) is 0. The molecule has 18 heavy (non-hydrogen) atoms. The van der Waals surface area contributed by atoms with E-state index in [0.29, 0.717) is 19.6 Å². The maximum absolute atomic E-state index is 12.5. The van der Waals surface area contributed by atoms with Crippen LogP contribution >= 0.6 is 0 Å². The van der Waals surface area contributed by atoms with Crippen LogP contribution in [-0.4, -0.2) is 29.6 Å². The van der Waals surface area contributed by atoms with Crippen molar-refractivity contribution in [3.63, 3.8) is 0 Å². The van der Waals surface area contributed by atoms with E-state index in [-0.39, 0.29) is 11.9 Å². The lowest BCUT2D eigenvalue weighted by Crippen LogP contribution is -2.34. The monoisotopic (exact) mass is 262 g/mol. The Labute approximate surface area is 104 Å². The lowest BCUT2D eigenvalue weighted by Gasteiger charge is -2.24. The predicted molar refractivity (Wildman–Crippen MR) is 63.1 cm³/mol. The van der Waals surface area contributed by atoms with Gasteiger partial charge in [0.2, 0.25) is 5.95 Å². The van der Waals surface area contributed by atoms with Crippen molar-refractivity contribution in [1.82, 2.24) is 9.97 Å². The van der Waals surface area contributed by atoms with Crippen LogP contribution in [0.3, 0.4) is 0 Å².